The van der Waals surface area contributed by atoms with Crippen LogP contribution in [0.4, 0.5) is 0 Å². The van der Waals surface area contributed by atoms with Gasteiger partial charge in [-0.25, -0.2) is 0 Å². The zero-order chi connectivity index (χ0) is 18.8. The van der Waals surface area contributed by atoms with Gasteiger partial charge in [-0.1, -0.05) is 30.3 Å². The van der Waals surface area contributed by atoms with Crippen molar-refractivity contribution in [2.24, 2.45) is 10.9 Å². The van der Waals surface area contributed by atoms with Crippen LogP contribution < -0.4 is 10.6 Å². The van der Waals surface area contributed by atoms with E-state index in [9.17, 15) is 0 Å². The van der Waals surface area contributed by atoms with E-state index in [1.807, 2.05) is 0 Å². The summed E-state index contributed by atoms with van der Waals surface area (Å²) >= 11 is 0. The van der Waals surface area contributed by atoms with Crippen LogP contribution in [-0.4, -0.2) is 52.0 Å². The van der Waals surface area contributed by atoms with Crippen molar-refractivity contribution in [2.75, 3.05) is 46.1 Å². The van der Waals surface area contributed by atoms with E-state index < -0.39 is 0 Å². The molecule has 1 aromatic carbocycles. The second kappa shape index (κ2) is 12.6. The van der Waals surface area contributed by atoms with E-state index in [1.54, 1.807) is 0 Å². The molecule has 6 heteroatoms. The third-order valence-corrected chi connectivity index (χ3v) is 5.58. The highest BCUT2D eigenvalue weighted by molar-refractivity contribution is 14.0. The lowest BCUT2D eigenvalue weighted by molar-refractivity contribution is 0.0203. The van der Waals surface area contributed by atoms with Gasteiger partial charge >= 0.3 is 0 Å². The molecule has 1 aliphatic heterocycles. The van der Waals surface area contributed by atoms with Gasteiger partial charge in [0.25, 0.3) is 0 Å². The average Bonchev–Trinajstić information content (AvgIpc) is 3.51. The molecular weight excluding hydrogens is 465 g/mol. The minimum Gasteiger partial charge on any atom is -0.381 e. The molecule has 0 spiro atoms. The van der Waals surface area contributed by atoms with E-state index in [-0.39, 0.29) is 29.4 Å². The van der Waals surface area contributed by atoms with Gasteiger partial charge in [0.2, 0.25) is 0 Å². The number of hydrogen-bond acceptors (Lipinski definition) is 3. The normalized spacial score (nSPS) is 19.0. The maximum atomic E-state index is 5.84. The fraction of sp³-hybridized carbons (Fsp3) is 0.682. The highest BCUT2D eigenvalue weighted by atomic mass is 127. The Morgan fingerprint density at radius 1 is 1.18 bits per heavy atom. The van der Waals surface area contributed by atoms with Gasteiger partial charge in [-0.3, -0.25) is 4.99 Å². The number of ether oxygens (including phenoxy) is 2. The number of rotatable bonds is 10. The van der Waals surface area contributed by atoms with Gasteiger partial charge in [0.15, 0.2) is 5.96 Å². The molecule has 0 atom stereocenters. The van der Waals surface area contributed by atoms with Crippen LogP contribution in [0.1, 0.15) is 44.6 Å². The topological polar surface area (TPSA) is 54.9 Å². The Kier molecular flexibility index (Phi) is 10.6. The summed E-state index contributed by atoms with van der Waals surface area (Å²) in [5.74, 6) is 1.60. The van der Waals surface area contributed by atoms with Crippen molar-refractivity contribution in [1.82, 2.24) is 10.6 Å². The fourth-order valence-corrected chi connectivity index (χ4v) is 3.60. The van der Waals surface area contributed by atoms with Crippen molar-refractivity contribution < 1.29 is 9.47 Å². The van der Waals surface area contributed by atoms with Gasteiger partial charge in [-0.2, -0.15) is 0 Å². The Morgan fingerprint density at radius 2 is 1.93 bits per heavy atom. The van der Waals surface area contributed by atoms with E-state index >= 15 is 0 Å². The molecule has 1 saturated heterocycles. The molecule has 2 aliphatic rings. The molecule has 28 heavy (non-hydrogen) atoms. The summed E-state index contributed by atoms with van der Waals surface area (Å²) in [5, 5.41) is 6.81. The number of nitrogens with one attached hydrogen (secondary N) is 2. The van der Waals surface area contributed by atoms with Crippen molar-refractivity contribution in [1.29, 1.82) is 0 Å². The predicted molar refractivity (Wildman–Crippen MR) is 126 cm³/mol. The number of halogens is 1. The lowest BCUT2D eigenvalue weighted by Gasteiger charge is -2.21. The second-order valence-electron chi connectivity index (χ2n) is 7.75. The molecule has 158 valence electrons. The summed E-state index contributed by atoms with van der Waals surface area (Å²) < 4.78 is 11.2. The number of aliphatic imine (C=N–C) groups is 1. The molecule has 1 aliphatic carbocycles. The largest absolute Gasteiger partial charge is 0.381 e. The highest BCUT2D eigenvalue weighted by Crippen LogP contribution is 2.48. The van der Waals surface area contributed by atoms with Crippen LogP contribution in [0, 0.1) is 5.92 Å². The van der Waals surface area contributed by atoms with Crippen LogP contribution in [-0.2, 0) is 14.9 Å². The maximum absolute atomic E-state index is 5.84. The van der Waals surface area contributed by atoms with E-state index in [2.05, 4.69) is 47.9 Å². The van der Waals surface area contributed by atoms with Crippen LogP contribution in [0.2, 0.25) is 0 Å². The first-order chi connectivity index (χ1) is 13.3. The Labute approximate surface area is 187 Å². The quantitative estimate of drug-likeness (QED) is 0.222. The fourth-order valence-electron chi connectivity index (χ4n) is 3.60. The standard InChI is InChI=1S/C22H35N3O2.HI/c1-2-23-21(24-13-6-14-27-17-19-9-15-26-16-10-19)25-18-22(11-12-22)20-7-4-3-5-8-20;/h3-5,7-8,19H,2,6,9-18H2,1H3,(H2,23,24,25);1H. The van der Waals surface area contributed by atoms with Crippen molar-refractivity contribution >= 4 is 29.9 Å². The van der Waals surface area contributed by atoms with Crippen LogP contribution in [0.3, 0.4) is 0 Å². The molecule has 1 aromatic rings. The minimum absolute atomic E-state index is 0. The Bertz CT molecular complexity index is 572. The third kappa shape index (κ3) is 7.52. The first-order valence-corrected chi connectivity index (χ1v) is 10.6. The Morgan fingerprint density at radius 3 is 2.61 bits per heavy atom. The first kappa shape index (κ1) is 23.4. The molecule has 0 bridgehead atoms. The minimum atomic E-state index is 0. The maximum Gasteiger partial charge on any atom is 0.191 e. The molecular formula is C22H36IN3O2. The van der Waals surface area contributed by atoms with E-state index in [0.29, 0.717) is 5.92 Å². The lowest BCUT2D eigenvalue weighted by atomic mass is 9.96. The number of benzene rings is 1. The molecule has 2 fully saturated rings. The van der Waals surface area contributed by atoms with Crippen molar-refractivity contribution in [3.63, 3.8) is 0 Å². The summed E-state index contributed by atoms with van der Waals surface area (Å²) in [6.45, 7) is 8.19. The monoisotopic (exact) mass is 501 g/mol. The summed E-state index contributed by atoms with van der Waals surface area (Å²) in [6, 6.07) is 10.8. The smallest absolute Gasteiger partial charge is 0.191 e. The van der Waals surface area contributed by atoms with E-state index in [4.69, 9.17) is 14.5 Å². The molecule has 1 saturated carbocycles. The second-order valence-corrected chi connectivity index (χ2v) is 7.75. The van der Waals surface area contributed by atoms with E-state index in [1.165, 1.54) is 18.4 Å². The van der Waals surface area contributed by atoms with Gasteiger partial charge in [-0.05, 0) is 50.5 Å². The van der Waals surface area contributed by atoms with Crippen molar-refractivity contribution in [2.45, 2.75) is 44.4 Å². The van der Waals surface area contributed by atoms with Crippen molar-refractivity contribution in [3.8, 4) is 0 Å². The molecule has 0 radical (unpaired) electrons. The number of nitrogens with zero attached hydrogens (tertiary/aromatic N) is 1. The molecule has 2 N–H and O–H groups in total. The van der Waals surface area contributed by atoms with Gasteiger partial charge in [0.05, 0.1) is 6.54 Å². The third-order valence-electron chi connectivity index (χ3n) is 5.58. The molecule has 0 unspecified atom stereocenters. The van der Waals surface area contributed by atoms with Gasteiger partial charge in [-0.15, -0.1) is 24.0 Å². The number of guanidine groups is 1. The SMILES string of the molecule is CCNC(=NCC1(c2ccccc2)CC1)NCCCOCC1CCOCC1.I. The summed E-state index contributed by atoms with van der Waals surface area (Å²) in [4.78, 5) is 4.85. The van der Waals surface area contributed by atoms with Gasteiger partial charge in [0, 0.05) is 44.9 Å². The van der Waals surface area contributed by atoms with Crippen LogP contribution in [0.25, 0.3) is 0 Å². The molecule has 0 amide bonds. The van der Waals surface area contributed by atoms with Gasteiger partial charge in [0.1, 0.15) is 0 Å². The number of hydrogen-bond donors (Lipinski definition) is 2. The van der Waals surface area contributed by atoms with E-state index in [0.717, 1.165) is 71.3 Å². The molecule has 5 nitrogen and oxygen atoms in total. The highest BCUT2D eigenvalue weighted by Gasteiger charge is 2.43. The summed E-state index contributed by atoms with van der Waals surface area (Å²) in [6.07, 6.45) is 5.74. The zero-order valence-electron chi connectivity index (χ0n) is 17.1. The average molecular weight is 501 g/mol. The summed E-state index contributed by atoms with van der Waals surface area (Å²) in [7, 11) is 0. The van der Waals surface area contributed by atoms with Crippen LogP contribution in [0.15, 0.2) is 35.3 Å². The predicted octanol–water partition coefficient (Wildman–Crippen LogP) is 3.72. The first-order valence-electron chi connectivity index (χ1n) is 10.6. The van der Waals surface area contributed by atoms with Crippen LogP contribution >= 0.6 is 24.0 Å². The summed E-state index contributed by atoms with van der Waals surface area (Å²) in [5.41, 5.74) is 1.68. The molecule has 3 rings (SSSR count). The van der Waals surface area contributed by atoms with Gasteiger partial charge < -0.3 is 20.1 Å². The van der Waals surface area contributed by atoms with Crippen LogP contribution in [0.5, 0.6) is 0 Å². The lowest BCUT2D eigenvalue weighted by Crippen LogP contribution is -2.38. The molecule has 1 heterocycles. The zero-order valence-corrected chi connectivity index (χ0v) is 19.5. The Hall–Kier alpha value is -0.860. The molecule has 0 aromatic heterocycles. The van der Waals surface area contributed by atoms with Crippen molar-refractivity contribution in [3.05, 3.63) is 35.9 Å². The Balaban J connectivity index is 0.00000280.